The Hall–Kier alpha value is -1.23. The van der Waals surface area contributed by atoms with Crippen LogP contribution >= 0.6 is 0 Å². The van der Waals surface area contributed by atoms with Crippen molar-refractivity contribution in [2.24, 2.45) is 5.92 Å². The number of ketones is 1. The van der Waals surface area contributed by atoms with Gasteiger partial charge in [-0.25, -0.2) is 4.39 Å². The average Bonchev–Trinajstić information content (AvgIpc) is 2.68. The van der Waals surface area contributed by atoms with Crippen molar-refractivity contribution in [3.05, 3.63) is 29.6 Å². The normalized spacial score (nSPS) is 31.1. The lowest BCUT2D eigenvalue weighted by Crippen LogP contribution is -2.32. The highest BCUT2D eigenvalue weighted by atomic mass is 32.2. The Bertz CT molecular complexity index is 571. The first-order chi connectivity index (χ1) is 10.1. The molecule has 1 aromatic carbocycles. The zero-order chi connectivity index (χ0) is 15.0. The minimum absolute atomic E-state index is 0.0379. The van der Waals surface area contributed by atoms with Crippen molar-refractivity contribution >= 4 is 16.6 Å². The predicted octanol–water partition coefficient (Wildman–Crippen LogP) is 3.10. The van der Waals surface area contributed by atoms with Crippen LogP contribution in [-0.4, -0.2) is 27.1 Å². The first-order valence-corrected chi connectivity index (χ1v) is 8.73. The van der Waals surface area contributed by atoms with Gasteiger partial charge in [0, 0.05) is 38.8 Å². The van der Waals surface area contributed by atoms with Gasteiger partial charge in [-0.05, 0) is 44.7 Å². The molecule has 1 aromatic rings. The van der Waals surface area contributed by atoms with E-state index in [-0.39, 0.29) is 22.2 Å². The van der Waals surface area contributed by atoms with E-state index in [2.05, 4.69) is 0 Å². The van der Waals surface area contributed by atoms with Crippen molar-refractivity contribution in [2.75, 3.05) is 6.61 Å². The van der Waals surface area contributed by atoms with Gasteiger partial charge in [0.2, 0.25) is 0 Å². The van der Waals surface area contributed by atoms with Crippen LogP contribution in [0.1, 0.15) is 43.0 Å². The molecule has 3 rings (SSSR count). The van der Waals surface area contributed by atoms with Gasteiger partial charge in [0.1, 0.15) is 11.6 Å². The summed E-state index contributed by atoms with van der Waals surface area (Å²) < 4.78 is 30.9. The molecule has 0 aliphatic carbocycles. The van der Waals surface area contributed by atoms with Crippen LogP contribution in [0.3, 0.4) is 0 Å². The van der Waals surface area contributed by atoms with E-state index in [9.17, 15) is 13.4 Å². The highest BCUT2D eigenvalue weighted by Gasteiger charge is 2.42. The van der Waals surface area contributed by atoms with Crippen LogP contribution in [0, 0.1) is 11.7 Å². The fourth-order valence-corrected chi connectivity index (χ4v) is 5.56. The number of hydrogen-bond acceptors (Lipinski definition) is 3. The van der Waals surface area contributed by atoms with Crippen LogP contribution in [0.5, 0.6) is 5.75 Å². The second-order valence-electron chi connectivity index (χ2n) is 5.79. The maximum absolute atomic E-state index is 13.6. The molecule has 0 saturated carbocycles. The fraction of sp³-hybridized carbons (Fsp3) is 0.562. The number of carbonyl (C=O) groups excluding carboxylic acids is 1. The Morgan fingerprint density at radius 1 is 1.29 bits per heavy atom. The number of halogens is 1. The van der Waals surface area contributed by atoms with Crippen LogP contribution in [0.2, 0.25) is 0 Å². The molecule has 2 aliphatic rings. The summed E-state index contributed by atoms with van der Waals surface area (Å²) in [5.74, 6) is -0.226. The molecule has 2 bridgehead atoms. The third-order valence-electron chi connectivity index (χ3n) is 4.40. The minimum Gasteiger partial charge on any atom is -0.494 e. The van der Waals surface area contributed by atoms with Crippen molar-refractivity contribution in [3.8, 4) is 5.75 Å². The molecular formula is C16H19FO3S. The lowest BCUT2D eigenvalue weighted by atomic mass is 9.90. The van der Waals surface area contributed by atoms with E-state index < -0.39 is 16.6 Å². The molecular weight excluding hydrogens is 291 g/mol. The zero-order valence-corrected chi connectivity index (χ0v) is 12.8. The van der Waals surface area contributed by atoms with Gasteiger partial charge in [-0.15, -0.1) is 0 Å². The molecule has 0 spiro atoms. The van der Waals surface area contributed by atoms with Crippen molar-refractivity contribution < 1.29 is 18.1 Å². The summed E-state index contributed by atoms with van der Waals surface area (Å²) in [6, 6.07) is 4.18. The summed E-state index contributed by atoms with van der Waals surface area (Å²) in [7, 11) is -0.775. The molecule has 114 valence electrons. The smallest absolute Gasteiger partial charge is 0.166 e. The summed E-state index contributed by atoms with van der Waals surface area (Å²) in [5, 5.41) is 0.301. The highest BCUT2D eigenvalue weighted by Crippen LogP contribution is 2.40. The quantitative estimate of drug-likeness (QED) is 0.803. The van der Waals surface area contributed by atoms with Crippen LogP contribution in [0.25, 0.3) is 0 Å². The third kappa shape index (κ3) is 2.89. The summed E-state index contributed by atoms with van der Waals surface area (Å²) >= 11 is 0. The summed E-state index contributed by atoms with van der Waals surface area (Å²) in [6.07, 6.45) is 3.24. The van der Waals surface area contributed by atoms with E-state index >= 15 is 0 Å². The topological polar surface area (TPSA) is 43.4 Å². The summed E-state index contributed by atoms with van der Waals surface area (Å²) in [6.45, 7) is 2.25. The van der Waals surface area contributed by atoms with Crippen molar-refractivity contribution in [1.82, 2.24) is 0 Å². The number of fused-ring (bicyclic) bond motifs is 2. The molecule has 0 N–H and O–H groups in total. The van der Waals surface area contributed by atoms with Crippen molar-refractivity contribution in [3.63, 3.8) is 0 Å². The molecule has 0 amide bonds. The van der Waals surface area contributed by atoms with Gasteiger partial charge in [0.25, 0.3) is 0 Å². The van der Waals surface area contributed by atoms with Crippen LogP contribution < -0.4 is 4.74 Å². The Balaban J connectivity index is 1.81. The number of ether oxygens (including phenoxy) is 1. The molecule has 0 radical (unpaired) electrons. The largest absolute Gasteiger partial charge is 0.494 e. The van der Waals surface area contributed by atoms with Gasteiger partial charge in [0.15, 0.2) is 5.78 Å². The zero-order valence-electron chi connectivity index (χ0n) is 12.0. The Morgan fingerprint density at radius 2 is 1.95 bits per heavy atom. The molecule has 2 saturated heterocycles. The summed E-state index contributed by atoms with van der Waals surface area (Å²) in [5.41, 5.74) is 0.371. The average molecular weight is 310 g/mol. The van der Waals surface area contributed by atoms with Gasteiger partial charge in [-0.2, -0.15) is 0 Å². The van der Waals surface area contributed by atoms with E-state index in [1.165, 1.54) is 12.1 Å². The van der Waals surface area contributed by atoms with Crippen molar-refractivity contribution in [1.29, 1.82) is 0 Å². The standard InChI is InChI=1S/C16H19FO3S/c1-2-20-13-6-10(5-12(17)9-13)16(18)11-7-14-3-4-15(8-11)21(14)19/h5-6,9,11,14-15H,2-4,7-8H2,1H3. The van der Waals surface area contributed by atoms with E-state index in [4.69, 9.17) is 4.74 Å². The molecule has 2 fully saturated rings. The minimum atomic E-state index is -0.775. The van der Waals surface area contributed by atoms with Gasteiger partial charge in [0.05, 0.1) is 6.61 Å². The molecule has 21 heavy (non-hydrogen) atoms. The lowest BCUT2D eigenvalue weighted by molar-refractivity contribution is 0.0905. The van der Waals surface area contributed by atoms with E-state index in [0.717, 1.165) is 12.8 Å². The number of rotatable bonds is 4. The van der Waals surface area contributed by atoms with Gasteiger partial charge < -0.3 is 4.74 Å². The van der Waals surface area contributed by atoms with Gasteiger partial charge >= 0.3 is 0 Å². The molecule has 3 nitrogen and oxygen atoms in total. The number of carbonyl (C=O) groups is 1. The van der Waals surface area contributed by atoms with E-state index in [0.29, 0.717) is 30.8 Å². The Morgan fingerprint density at radius 3 is 2.57 bits per heavy atom. The molecule has 2 unspecified atom stereocenters. The van der Waals surface area contributed by atoms with E-state index in [1.807, 2.05) is 6.92 Å². The second kappa shape index (κ2) is 5.87. The Kier molecular flexibility index (Phi) is 4.11. The second-order valence-corrected chi connectivity index (χ2v) is 7.78. The molecule has 2 heterocycles. The third-order valence-corrected chi connectivity index (χ3v) is 6.57. The fourth-order valence-electron chi connectivity index (χ4n) is 3.44. The number of hydrogen-bond donors (Lipinski definition) is 0. The van der Waals surface area contributed by atoms with Gasteiger partial charge in [-0.3, -0.25) is 9.00 Å². The van der Waals surface area contributed by atoms with Crippen LogP contribution in [0.4, 0.5) is 4.39 Å². The van der Waals surface area contributed by atoms with Gasteiger partial charge in [-0.1, -0.05) is 0 Å². The molecule has 2 atom stereocenters. The maximum Gasteiger partial charge on any atom is 0.166 e. The molecule has 0 aromatic heterocycles. The predicted molar refractivity (Wildman–Crippen MR) is 79.6 cm³/mol. The van der Waals surface area contributed by atoms with E-state index in [1.54, 1.807) is 6.07 Å². The molecule has 2 aliphatic heterocycles. The SMILES string of the molecule is CCOc1cc(F)cc(C(=O)C2CC3CCC(C2)S3=O)c1. The highest BCUT2D eigenvalue weighted by molar-refractivity contribution is 7.86. The molecule has 5 heteroatoms. The number of Topliss-reactive ketones (excluding diaryl/α,β-unsaturated/α-hetero) is 1. The van der Waals surface area contributed by atoms with Crippen molar-refractivity contribution in [2.45, 2.75) is 43.1 Å². The Labute approximate surface area is 126 Å². The first kappa shape index (κ1) is 14.7. The summed E-state index contributed by atoms with van der Waals surface area (Å²) in [4.78, 5) is 12.6. The first-order valence-electron chi connectivity index (χ1n) is 7.45. The maximum atomic E-state index is 13.6. The lowest BCUT2D eigenvalue weighted by Gasteiger charge is -2.26. The van der Waals surface area contributed by atoms with Crippen LogP contribution in [0.15, 0.2) is 18.2 Å². The monoisotopic (exact) mass is 310 g/mol. The number of benzene rings is 1. The van der Waals surface area contributed by atoms with Crippen LogP contribution in [-0.2, 0) is 10.8 Å².